The van der Waals surface area contributed by atoms with Gasteiger partial charge in [0.15, 0.2) is 0 Å². The van der Waals surface area contributed by atoms with Crippen LogP contribution in [0.2, 0.25) is 0 Å². The molecule has 1 aromatic rings. The highest BCUT2D eigenvalue weighted by molar-refractivity contribution is 7.84. The molecule has 1 fully saturated rings. The Hall–Kier alpha value is -1.59. The van der Waals surface area contributed by atoms with Gasteiger partial charge in [-0.15, -0.1) is 0 Å². The van der Waals surface area contributed by atoms with Crippen LogP contribution in [0.4, 0.5) is 0 Å². The summed E-state index contributed by atoms with van der Waals surface area (Å²) < 4.78 is 25.9. The lowest BCUT2D eigenvalue weighted by molar-refractivity contribution is 0.00307. The molecule has 0 aromatic carbocycles. The van der Waals surface area contributed by atoms with Crippen molar-refractivity contribution >= 4 is 16.2 Å². The minimum absolute atomic E-state index is 0.161. The lowest BCUT2D eigenvalue weighted by atomic mass is 10.1. The number of pyridine rings is 1. The van der Waals surface area contributed by atoms with Gasteiger partial charge < -0.3 is 15.5 Å². The van der Waals surface area contributed by atoms with Crippen LogP contribution in [0, 0.1) is 5.92 Å². The Bertz CT molecular complexity index is 623. The van der Waals surface area contributed by atoms with Gasteiger partial charge >= 0.3 is 10.3 Å². The third-order valence-corrected chi connectivity index (χ3v) is 3.97. The molecule has 0 saturated heterocycles. The van der Waals surface area contributed by atoms with E-state index in [0.717, 1.165) is 0 Å². The molecular weight excluding hydrogens is 314 g/mol. The molecule has 9 nitrogen and oxygen atoms in total. The summed E-state index contributed by atoms with van der Waals surface area (Å²) in [5.41, 5.74) is 0.362. The number of amides is 1. The molecule has 0 radical (unpaired) electrons. The molecule has 1 aromatic heterocycles. The summed E-state index contributed by atoms with van der Waals surface area (Å²) in [6.45, 7) is -0.362. The zero-order valence-electron chi connectivity index (χ0n) is 11.5. The molecule has 2 rings (SSSR count). The number of hydrogen-bond donors (Lipinski definition) is 4. The number of nitrogens with one attached hydrogen (secondary N) is 1. The van der Waals surface area contributed by atoms with Gasteiger partial charge in [-0.25, -0.2) is 5.14 Å². The molecule has 0 aliphatic heterocycles. The van der Waals surface area contributed by atoms with Crippen molar-refractivity contribution < 1.29 is 27.6 Å². The normalized spacial score (nSPS) is 28.5. The van der Waals surface area contributed by atoms with E-state index >= 15 is 0 Å². The van der Waals surface area contributed by atoms with Crippen LogP contribution in [-0.2, 0) is 14.5 Å². The van der Waals surface area contributed by atoms with Gasteiger partial charge in [-0.1, -0.05) is 0 Å². The Morgan fingerprint density at radius 2 is 2.00 bits per heavy atom. The van der Waals surface area contributed by atoms with E-state index in [2.05, 4.69) is 14.5 Å². The van der Waals surface area contributed by atoms with Crippen LogP contribution in [0.1, 0.15) is 16.8 Å². The fourth-order valence-electron chi connectivity index (χ4n) is 2.37. The average molecular weight is 331 g/mol. The van der Waals surface area contributed by atoms with Gasteiger partial charge in [0.1, 0.15) is 6.10 Å². The Morgan fingerprint density at radius 1 is 1.36 bits per heavy atom. The summed E-state index contributed by atoms with van der Waals surface area (Å²) in [5.74, 6) is -1.08. The van der Waals surface area contributed by atoms with E-state index in [1.165, 1.54) is 24.5 Å². The Balaban J connectivity index is 1.96. The Labute approximate surface area is 127 Å². The number of carbonyl (C=O) groups excluding carboxylic acids is 1. The van der Waals surface area contributed by atoms with Crippen molar-refractivity contribution in [2.75, 3.05) is 6.61 Å². The molecule has 1 saturated carbocycles. The quantitative estimate of drug-likeness (QED) is 0.494. The number of carbonyl (C=O) groups is 1. The average Bonchev–Trinajstić information content (AvgIpc) is 2.73. The molecule has 1 heterocycles. The molecule has 22 heavy (non-hydrogen) atoms. The summed E-state index contributed by atoms with van der Waals surface area (Å²) in [6, 6.07) is 2.30. The molecular formula is C12H17N3O6S. The van der Waals surface area contributed by atoms with Crippen LogP contribution in [0.15, 0.2) is 24.5 Å². The largest absolute Gasteiger partial charge is 0.390 e. The molecule has 122 valence electrons. The van der Waals surface area contributed by atoms with Crippen molar-refractivity contribution in [1.82, 2.24) is 10.3 Å². The highest BCUT2D eigenvalue weighted by Gasteiger charge is 2.42. The third-order valence-electron chi connectivity index (χ3n) is 3.51. The van der Waals surface area contributed by atoms with Crippen LogP contribution in [0.3, 0.4) is 0 Å². The second-order valence-electron chi connectivity index (χ2n) is 5.07. The van der Waals surface area contributed by atoms with Gasteiger partial charge in [0.2, 0.25) is 0 Å². The first-order valence-electron chi connectivity index (χ1n) is 6.52. The summed E-state index contributed by atoms with van der Waals surface area (Å²) >= 11 is 0. The predicted octanol–water partition coefficient (Wildman–Crippen LogP) is -1.86. The van der Waals surface area contributed by atoms with Crippen molar-refractivity contribution in [3.8, 4) is 0 Å². The third kappa shape index (κ3) is 4.21. The summed E-state index contributed by atoms with van der Waals surface area (Å²) in [6.07, 6.45) is 0.633. The monoisotopic (exact) mass is 331 g/mol. The second-order valence-corrected chi connectivity index (χ2v) is 6.29. The van der Waals surface area contributed by atoms with Crippen LogP contribution < -0.4 is 10.5 Å². The first-order valence-corrected chi connectivity index (χ1v) is 7.99. The van der Waals surface area contributed by atoms with Crippen molar-refractivity contribution in [2.24, 2.45) is 11.1 Å². The summed E-state index contributed by atoms with van der Waals surface area (Å²) in [4.78, 5) is 15.8. The van der Waals surface area contributed by atoms with Crippen molar-refractivity contribution in [1.29, 1.82) is 0 Å². The highest BCUT2D eigenvalue weighted by atomic mass is 32.2. The predicted molar refractivity (Wildman–Crippen MR) is 74.7 cm³/mol. The van der Waals surface area contributed by atoms with Gasteiger partial charge in [-0.2, -0.15) is 8.42 Å². The fraction of sp³-hybridized carbons (Fsp3) is 0.500. The number of nitrogens with zero attached hydrogens (tertiary/aromatic N) is 1. The molecule has 1 aliphatic rings. The standard InChI is InChI=1S/C12H17N3O6S/c13-22(19,20)21-6-8-5-9(11(17)10(8)16)15-12(18)7-1-3-14-4-2-7/h1-4,8-11,16-17H,5-6H2,(H,15,18)(H2,13,19,20)/t8-,9-,10-,11-/m1/s1. The number of hydrogen-bond acceptors (Lipinski definition) is 7. The van der Waals surface area contributed by atoms with Crippen LogP contribution >= 0.6 is 0 Å². The van der Waals surface area contributed by atoms with Crippen molar-refractivity contribution in [3.63, 3.8) is 0 Å². The number of aromatic nitrogens is 1. The number of nitrogens with two attached hydrogens (primary N) is 1. The van der Waals surface area contributed by atoms with Crippen LogP contribution in [0.5, 0.6) is 0 Å². The van der Waals surface area contributed by atoms with E-state index in [-0.39, 0.29) is 13.0 Å². The minimum atomic E-state index is -4.12. The molecule has 4 atom stereocenters. The van der Waals surface area contributed by atoms with Gasteiger partial charge in [0.05, 0.1) is 18.8 Å². The van der Waals surface area contributed by atoms with E-state index in [0.29, 0.717) is 5.56 Å². The highest BCUT2D eigenvalue weighted by Crippen LogP contribution is 2.27. The first-order chi connectivity index (χ1) is 10.3. The lowest BCUT2D eigenvalue weighted by Crippen LogP contribution is -2.43. The number of rotatable bonds is 5. The SMILES string of the molecule is NS(=O)(=O)OC[C@H]1C[C@@H](NC(=O)c2ccncc2)[C@@H](O)[C@@H]1O. The number of aliphatic hydroxyl groups is 2. The maximum Gasteiger partial charge on any atom is 0.333 e. The van der Waals surface area contributed by atoms with Crippen LogP contribution in [-0.4, -0.2) is 54.4 Å². The topological polar surface area (TPSA) is 152 Å². The van der Waals surface area contributed by atoms with Crippen molar-refractivity contribution in [2.45, 2.75) is 24.7 Å². The minimum Gasteiger partial charge on any atom is -0.390 e. The molecule has 1 amide bonds. The zero-order chi connectivity index (χ0) is 16.3. The second kappa shape index (κ2) is 6.67. The van der Waals surface area contributed by atoms with Gasteiger partial charge in [0, 0.05) is 23.9 Å². The van der Waals surface area contributed by atoms with Gasteiger partial charge in [-0.05, 0) is 18.6 Å². The van der Waals surface area contributed by atoms with E-state index in [4.69, 9.17) is 5.14 Å². The van der Waals surface area contributed by atoms with Gasteiger partial charge in [0.25, 0.3) is 5.91 Å². The Kier molecular flexibility index (Phi) is 5.08. The van der Waals surface area contributed by atoms with E-state index in [1.807, 2.05) is 0 Å². The van der Waals surface area contributed by atoms with E-state index in [1.54, 1.807) is 0 Å². The maximum absolute atomic E-state index is 12.0. The maximum atomic E-state index is 12.0. The molecule has 1 aliphatic carbocycles. The van der Waals surface area contributed by atoms with Crippen molar-refractivity contribution in [3.05, 3.63) is 30.1 Å². The first kappa shape index (κ1) is 16.8. The lowest BCUT2D eigenvalue weighted by Gasteiger charge is -2.18. The van der Waals surface area contributed by atoms with E-state index in [9.17, 15) is 23.4 Å². The van der Waals surface area contributed by atoms with Gasteiger partial charge in [-0.3, -0.25) is 14.0 Å². The smallest absolute Gasteiger partial charge is 0.333 e. The molecule has 0 spiro atoms. The number of aliphatic hydroxyl groups excluding tert-OH is 2. The van der Waals surface area contributed by atoms with E-state index < -0.39 is 40.4 Å². The fourth-order valence-corrected chi connectivity index (χ4v) is 2.73. The van der Waals surface area contributed by atoms with Crippen LogP contribution in [0.25, 0.3) is 0 Å². The molecule has 10 heteroatoms. The Morgan fingerprint density at radius 3 is 2.59 bits per heavy atom. The summed E-state index contributed by atoms with van der Waals surface area (Å²) in [5, 5.41) is 27.1. The molecule has 0 bridgehead atoms. The summed E-state index contributed by atoms with van der Waals surface area (Å²) in [7, 11) is -4.12. The molecule has 5 N–H and O–H groups in total. The molecule has 0 unspecified atom stereocenters. The zero-order valence-corrected chi connectivity index (χ0v) is 12.3.